The van der Waals surface area contributed by atoms with Gasteiger partial charge in [-0.05, 0) is 45.4 Å². The number of nitrogens with two attached hydrogens (primary N) is 1. The van der Waals surface area contributed by atoms with Gasteiger partial charge in [-0.1, -0.05) is 6.42 Å². The molecule has 0 spiro atoms. The smallest absolute Gasteiger partial charge is 0.0125 e. The van der Waals surface area contributed by atoms with Crippen molar-refractivity contribution in [1.82, 2.24) is 4.90 Å². The van der Waals surface area contributed by atoms with Gasteiger partial charge in [0.25, 0.3) is 0 Å². The molecule has 2 rings (SSSR count). The van der Waals surface area contributed by atoms with Crippen LogP contribution in [0.4, 0.5) is 0 Å². The number of rotatable bonds is 0. The molecule has 2 N–H and O–H groups in total. The van der Waals surface area contributed by atoms with Gasteiger partial charge >= 0.3 is 0 Å². The van der Waals surface area contributed by atoms with E-state index in [1.54, 1.807) is 0 Å². The molecule has 0 radical (unpaired) electrons. The van der Waals surface area contributed by atoms with Crippen molar-refractivity contribution < 1.29 is 0 Å². The molecule has 0 amide bonds. The molecule has 0 unspecified atom stereocenters. The molecule has 14 heavy (non-hydrogen) atoms. The molecule has 0 aromatic carbocycles. The molecule has 1 heterocycles. The zero-order valence-electron chi connectivity index (χ0n) is 9.79. The Morgan fingerprint density at radius 1 is 1.07 bits per heavy atom. The first-order valence-electron chi connectivity index (χ1n) is 5.99. The molecule has 2 bridgehead atoms. The topological polar surface area (TPSA) is 29.3 Å². The van der Waals surface area contributed by atoms with E-state index in [0.717, 1.165) is 11.8 Å². The van der Waals surface area contributed by atoms with Gasteiger partial charge in [0.2, 0.25) is 0 Å². The minimum atomic E-state index is 0.327. The van der Waals surface area contributed by atoms with E-state index in [-0.39, 0.29) is 0 Å². The summed E-state index contributed by atoms with van der Waals surface area (Å²) in [6.07, 6.45) is 4.11. The monoisotopic (exact) mass is 196 g/mol. The maximum atomic E-state index is 6.26. The van der Waals surface area contributed by atoms with Crippen LogP contribution in [0, 0.1) is 11.8 Å². The Morgan fingerprint density at radius 3 is 2.00 bits per heavy atom. The van der Waals surface area contributed by atoms with E-state index >= 15 is 0 Å². The normalized spacial score (nSPS) is 39.9. The average molecular weight is 196 g/mol. The molecule has 2 heteroatoms. The molecule has 0 aromatic heterocycles. The summed E-state index contributed by atoms with van der Waals surface area (Å²) in [4.78, 5) is 2.63. The van der Waals surface area contributed by atoms with Gasteiger partial charge in [0.15, 0.2) is 0 Å². The maximum Gasteiger partial charge on any atom is 0.0125 e. The van der Waals surface area contributed by atoms with E-state index < -0.39 is 0 Å². The molecular formula is C12H24N2. The Hall–Kier alpha value is -0.0800. The Kier molecular flexibility index (Phi) is 2.61. The minimum Gasteiger partial charge on any atom is -0.327 e. The number of fused-ring (bicyclic) bond motifs is 2. The molecular weight excluding hydrogens is 172 g/mol. The fourth-order valence-electron chi connectivity index (χ4n) is 3.03. The average Bonchev–Trinajstić information content (AvgIpc) is 2.00. The van der Waals surface area contributed by atoms with Crippen LogP contribution in [0.2, 0.25) is 0 Å². The maximum absolute atomic E-state index is 6.26. The van der Waals surface area contributed by atoms with E-state index in [0.29, 0.717) is 11.6 Å². The van der Waals surface area contributed by atoms with Crippen LogP contribution in [0.1, 0.15) is 40.0 Å². The van der Waals surface area contributed by atoms with Crippen LogP contribution in [0.25, 0.3) is 0 Å². The van der Waals surface area contributed by atoms with Gasteiger partial charge in [0.1, 0.15) is 0 Å². The number of hydrogen-bond donors (Lipinski definition) is 1. The molecule has 2 nitrogen and oxygen atoms in total. The summed E-state index contributed by atoms with van der Waals surface area (Å²) < 4.78 is 0. The second kappa shape index (κ2) is 3.49. The predicted molar refractivity (Wildman–Crippen MR) is 60.1 cm³/mol. The molecule has 2 atom stereocenters. The summed E-state index contributed by atoms with van der Waals surface area (Å²) >= 11 is 0. The van der Waals surface area contributed by atoms with Crippen molar-refractivity contribution in [1.29, 1.82) is 0 Å². The lowest BCUT2D eigenvalue weighted by Crippen LogP contribution is -2.59. The summed E-state index contributed by atoms with van der Waals surface area (Å²) in [5.41, 5.74) is 6.59. The zero-order chi connectivity index (χ0) is 10.3. The Bertz CT molecular complexity index is 193. The van der Waals surface area contributed by atoms with Crippen LogP contribution < -0.4 is 5.73 Å². The molecule has 2 aliphatic rings. The highest BCUT2D eigenvalue weighted by molar-refractivity contribution is 4.95. The zero-order valence-corrected chi connectivity index (χ0v) is 9.79. The molecule has 1 aliphatic heterocycles. The van der Waals surface area contributed by atoms with E-state index in [1.165, 1.54) is 32.4 Å². The third-order valence-electron chi connectivity index (χ3n) is 4.10. The molecule has 1 saturated carbocycles. The second-order valence-corrected chi connectivity index (χ2v) is 6.10. The van der Waals surface area contributed by atoms with Gasteiger partial charge < -0.3 is 5.73 Å². The summed E-state index contributed by atoms with van der Waals surface area (Å²) in [5.74, 6) is 1.53. The van der Waals surface area contributed by atoms with Gasteiger partial charge in [-0.15, -0.1) is 0 Å². The fraction of sp³-hybridized carbons (Fsp3) is 1.00. The van der Waals surface area contributed by atoms with Gasteiger partial charge in [-0.25, -0.2) is 0 Å². The van der Waals surface area contributed by atoms with Crippen molar-refractivity contribution in [2.45, 2.75) is 51.6 Å². The van der Waals surface area contributed by atoms with E-state index in [4.69, 9.17) is 5.73 Å². The molecule has 1 saturated heterocycles. The first-order chi connectivity index (χ1) is 6.48. The van der Waals surface area contributed by atoms with Crippen molar-refractivity contribution in [3.8, 4) is 0 Å². The van der Waals surface area contributed by atoms with E-state index in [9.17, 15) is 0 Å². The highest BCUT2D eigenvalue weighted by atomic mass is 15.2. The molecule has 82 valence electrons. The predicted octanol–water partition coefficient (Wildman–Crippen LogP) is 1.84. The summed E-state index contributed by atoms with van der Waals surface area (Å²) in [6.45, 7) is 9.40. The van der Waals surface area contributed by atoms with E-state index in [2.05, 4.69) is 25.7 Å². The first-order valence-corrected chi connectivity index (χ1v) is 5.99. The highest BCUT2D eigenvalue weighted by Crippen LogP contribution is 2.36. The molecule has 2 fully saturated rings. The van der Waals surface area contributed by atoms with Crippen molar-refractivity contribution in [3.63, 3.8) is 0 Å². The van der Waals surface area contributed by atoms with Crippen molar-refractivity contribution in [2.24, 2.45) is 17.6 Å². The number of likely N-dealkylation sites (tertiary alicyclic amines) is 1. The van der Waals surface area contributed by atoms with Crippen molar-refractivity contribution in [3.05, 3.63) is 0 Å². The van der Waals surface area contributed by atoms with Gasteiger partial charge in [-0.3, -0.25) is 4.90 Å². The van der Waals surface area contributed by atoms with Gasteiger partial charge in [0, 0.05) is 24.7 Å². The molecule has 1 aliphatic carbocycles. The number of piperidine rings is 1. The number of nitrogens with zero attached hydrogens (tertiary/aromatic N) is 1. The third-order valence-corrected chi connectivity index (χ3v) is 4.10. The summed E-state index contributed by atoms with van der Waals surface area (Å²) in [7, 11) is 0. The van der Waals surface area contributed by atoms with Crippen LogP contribution in [-0.4, -0.2) is 29.6 Å². The van der Waals surface area contributed by atoms with Gasteiger partial charge in [0.05, 0.1) is 0 Å². The van der Waals surface area contributed by atoms with Crippen LogP contribution in [0.3, 0.4) is 0 Å². The van der Waals surface area contributed by atoms with Crippen molar-refractivity contribution in [2.75, 3.05) is 13.1 Å². The SMILES string of the molecule is CC(C)(C)N1C[C@@H]2CCC[C@@H](C1)C2N. The number of hydrogen-bond acceptors (Lipinski definition) is 2. The second-order valence-electron chi connectivity index (χ2n) is 6.10. The Labute approximate surface area is 87.8 Å². The van der Waals surface area contributed by atoms with Gasteiger partial charge in [-0.2, -0.15) is 0 Å². The lowest BCUT2D eigenvalue weighted by atomic mass is 9.73. The quantitative estimate of drug-likeness (QED) is 0.640. The largest absolute Gasteiger partial charge is 0.327 e. The van der Waals surface area contributed by atoms with E-state index in [1.807, 2.05) is 0 Å². The standard InChI is InChI=1S/C12H24N2/c1-12(2,3)14-7-9-5-4-6-10(8-14)11(9)13/h9-11H,4-8,13H2,1-3H3/t9-,10-/m0/s1. The summed E-state index contributed by atoms with van der Waals surface area (Å²) in [6, 6.07) is 0.488. The minimum absolute atomic E-state index is 0.327. The van der Waals surface area contributed by atoms with Crippen LogP contribution in [-0.2, 0) is 0 Å². The molecule has 0 aromatic rings. The summed E-state index contributed by atoms with van der Waals surface area (Å²) in [5, 5.41) is 0. The lowest BCUT2D eigenvalue weighted by molar-refractivity contribution is 0.00864. The van der Waals surface area contributed by atoms with Crippen LogP contribution >= 0.6 is 0 Å². The Balaban J connectivity index is 2.08. The van der Waals surface area contributed by atoms with Crippen molar-refractivity contribution >= 4 is 0 Å². The van der Waals surface area contributed by atoms with Crippen LogP contribution in [0.15, 0.2) is 0 Å². The first kappa shape index (κ1) is 10.4. The Morgan fingerprint density at radius 2 is 1.57 bits per heavy atom. The third kappa shape index (κ3) is 1.82. The lowest BCUT2D eigenvalue weighted by Gasteiger charge is -2.50. The highest BCUT2D eigenvalue weighted by Gasteiger charge is 2.40. The van der Waals surface area contributed by atoms with Crippen LogP contribution in [0.5, 0.6) is 0 Å². The fourth-order valence-corrected chi connectivity index (χ4v) is 3.03.